The molecule has 6 heteroatoms. The average molecular weight is 2020 g/mol. The molecule has 26 aromatic carbocycles. The number of fused-ring (bicyclic) bond motifs is 15. The third-order valence-corrected chi connectivity index (χ3v) is 27.5. The van der Waals surface area contributed by atoms with Crippen molar-refractivity contribution in [1.82, 2.24) is 4.98 Å². The SMILES string of the molecule is [2H]N=P.[Ir].[c-]1ccccc1-c1nccc2ccccc12.c1cc(-c2ccc3cc(-c4ccc5ccccc5c4)ccc3c2)cc(-c2cc3ccccc3c3ccccc23)c1.c1ccc(N(c2ccc(-c3ccc(N(c4ccccc4)c4cccc5ccccc45)cc3)cc2)c2cccc3ccccc23)cc1.c1ccc2cc(-c3cc4c5ccccc5c(-c5cccc6ccccc56)cc4c4ccccc34)ccc2c1. The first-order valence-corrected chi connectivity index (χ1v) is 48.7. The van der Waals surface area contributed by atoms with Gasteiger partial charge in [0.15, 0.2) is 1.41 Å². The van der Waals surface area contributed by atoms with Gasteiger partial charge in [-0.1, -0.05) is 413 Å². The molecular formula is C137H94IrN4P-. The molecule has 0 aliphatic rings. The predicted molar refractivity (Wildman–Crippen MR) is 611 cm³/mol. The van der Waals surface area contributed by atoms with E-state index in [0.29, 0.717) is 0 Å². The number of hydrogen-bond acceptors (Lipinski definition) is 4. The normalized spacial score (nSPS) is 11.1. The molecule has 0 spiro atoms. The summed E-state index contributed by atoms with van der Waals surface area (Å²) in [7, 11) is 2.48. The van der Waals surface area contributed by atoms with E-state index in [1.165, 1.54) is 196 Å². The van der Waals surface area contributed by atoms with E-state index in [1.54, 1.807) is 0 Å². The summed E-state index contributed by atoms with van der Waals surface area (Å²) in [5, 5.41) is 32.9. The number of aromatic nitrogens is 1. The van der Waals surface area contributed by atoms with Crippen LogP contribution < -0.4 is 9.80 Å². The summed E-state index contributed by atoms with van der Waals surface area (Å²) in [5.74, 6) is 0. The molecule has 0 saturated carbocycles. The quantitative estimate of drug-likeness (QED) is 0.0711. The van der Waals surface area contributed by atoms with Gasteiger partial charge in [0, 0.05) is 59.8 Å². The van der Waals surface area contributed by atoms with Crippen LogP contribution in [0.1, 0.15) is 0 Å². The van der Waals surface area contributed by atoms with Gasteiger partial charge < -0.3 is 14.8 Å². The Kier molecular flexibility index (Phi) is 25.7. The summed E-state index contributed by atoms with van der Waals surface area (Å²) in [4.78, 5) is 9.13. The van der Waals surface area contributed by atoms with Crippen molar-refractivity contribution >= 4 is 172 Å². The van der Waals surface area contributed by atoms with Gasteiger partial charge in [0.25, 0.3) is 0 Å². The van der Waals surface area contributed by atoms with E-state index in [4.69, 9.17) is 1.41 Å². The van der Waals surface area contributed by atoms with Gasteiger partial charge in [-0.05, 0) is 315 Å². The summed E-state index contributed by atoms with van der Waals surface area (Å²) >= 11 is 0. The molecule has 27 rings (SSSR count). The average Bonchev–Trinajstić information content (AvgIpc) is 0.724. The Bertz CT molecular complexity index is 9220. The monoisotopic (exact) mass is 2020 g/mol. The number of hydrogen-bond donors (Lipinski definition) is 1. The van der Waals surface area contributed by atoms with E-state index in [2.05, 4.69) is 545 Å². The fraction of sp³-hybridized carbons (Fsp3) is 0. The summed E-state index contributed by atoms with van der Waals surface area (Å²) in [6.45, 7) is 0. The van der Waals surface area contributed by atoms with Crippen molar-refractivity contribution in [3.05, 3.63) is 564 Å². The number of anilines is 6. The topological polar surface area (TPSA) is 43.2 Å². The van der Waals surface area contributed by atoms with Gasteiger partial charge in [0.1, 0.15) is 0 Å². The molecule has 1 radical (unpaired) electrons. The van der Waals surface area contributed by atoms with Gasteiger partial charge in [-0.2, -0.15) is 0 Å². The second kappa shape index (κ2) is 41.2. The van der Waals surface area contributed by atoms with Crippen LogP contribution in [0.3, 0.4) is 0 Å². The Labute approximate surface area is 849 Å². The first-order valence-electron chi connectivity index (χ1n) is 48.7. The van der Waals surface area contributed by atoms with Gasteiger partial charge >= 0.3 is 0 Å². The number of pyridine rings is 1. The van der Waals surface area contributed by atoms with E-state index in [1.807, 2.05) is 48.7 Å². The molecule has 1 N–H and O–H groups in total. The van der Waals surface area contributed by atoms with Gasteiger partial charge in [0.05, 0.1) is 11.4 Å². The summed E-state index contributed by atoms with van der Waals surface area (Å²) in [6, 6.07) is 202. The number of nitrogens with one attached hydrogen (secondary N) is 1. The Balaban J connectivity index is 0.000000113. The molecule has 0 bridgehead atoms. The van der Waals surface area contributed by atoms with Gasteiger partial charge in [-0.15, -0.1) is 35.9 Å². The number of rotatable bonds is 13. The van der Waals surface area contributed by atoms with Crippen LogP contribution in [0.5, 0.6) is 0 Å². The Morgan fingerprint density at radius 1 is 0.196 bits per heavy atom. The van der Waals surface area contributed by atoms with Crippen LogP contribution in [-0.2, 0) is 20.1 Å². The van der Waals surface area contributed by atoms with E-state index >= 15 is 0 Å². The molecule has 0 amide bonds. The Hall–Kier alpha value is -17.7. The minimum Gasteiger partial charge on any atom is -0.310 e. The Morgan fingerprint density at radius 2 is 0.510 bits per heavy atom. The molecule has 0 aliphatic carbocycles. The molecule has 0 fully saturated rings. The largest absolute Gasteiger partial charge is 0.310 e. The molecular weight excluding hydrogens is 1920 g/mol. The standard InChI is InChI=1S/C44H32N2.C40H26.C38H24.C15H10N.Ir.H2NP/c1-3-17-37(18-4-1)45(43-23-11-15-35-13-7-9-21-41(35)43)39-29-25-33(26-30-39)34-27-31-40(32-28-34)46(38-19-5-2-6-20-38)44-24-12-16-36-14-8-10-22-42(36)44;1-2-9-28-22-31(17-16-27(28)8-1)33-21-20-32-23-30(18-19-34(32)24-33)29-11-7-12-35(25-29)40-26-36-10-3-4-13-37(36)38-14-5-6-15-39(38)40;1-2-12-27-22-28(21-20-25(27)10-1)35-23-37-34-18-8-7-17-33(34)36(24-38(37)32-16-6-5-15-31(32)35)30-19-9-13-26-11-3-4-14-29(26)30;1-2-7-13(8-3-1)15-14-9-5-4-6-12(14)10-11-16-15;;1-2/h1-32H;1-26H;1-24H;1-7,9-11H;;1-2H/q;;;-1;;/i/hD. The van der Waals surface area contributed by atoms with Crippen molar-refractivity contribution in [2.45, 2.75) is 0 Å². The van der Waals surface area contributed by atoms with Crippen LogP contribution in [-0.4, -0.2) is 4.98 Å². The predicted octanol–water partition coefficient (Wildman–Crippen LogP) is 39.3. The summed E-state index contributed by atoms with van der Waals surface area (Å²) in [6.07, 6.45) is 1.85. The molecule has 677 valence electrons. The van der Waals surface area contributed by atoms with Gasteiger partial charge in [-0.25, -0.2) is 0 Å². The summed E-state index contributed by atoms with van der Waals surface area (Å²) < 4.78 is 5.75. The first-order chi connectivity index (χ1) is 70.8. The maximum Gasteiger partial charge on any atom is 0.192 e. The maximum absolute atomic E-state index is 5.75. The smallest absolute Gasteiger partial charge is 0.192 e. The molecule has 1 heterocycles. The van der Waals surface area contributed by atoms with E-state index in [0.717, 1.165) is 45.4 Å². The third kappa shape index (κ3) is 18.4. The van der Waals surface area contributed by atoms with E-state index < -0.39 is 0 Å². The van der Waals surface area contributed by atoms with Crippen molar-refractivity contribution in [3.63, 3.8) is 0 Å². The van der Waals surface area contributed by atoms with Gasteiger partial charge in [-0.3, -0.25) is 5.15 Å². The number of para-hydroxylation sites is 2. The van der Waals surface area contributed by atoms with Crippen molar-refractivity contribution in [1.29, 1.82) is 5.15 Å². The fourth-order valence-electron chi connectivity index (χ4n) is 20.7. The Morgan fingerprint density at radius 3 is 1.01 bits per heavy atom. The second-order valence-electron chi connectivity index (χ2n) is 35.8. The summed E-state index contributed by atoms with van der Waals surface area (Å²) in [5.41, 5.74) is 23.8. The number of nitrogens with zero attached hydrogens (tertiary/aromatic N) is 3. The van der Waals surface area contributed by atoms with E-state index in [-0.39, 0.29) is 20.1 Å². The van der Waals surface area contributed by atoms with E-state index in [9.17, 15) is 0 Å². The van der Waals surface area contributed by atoms with Crippen LogP contribution in [0.2, 0.25) is 1.41 Å². The van der Waals surface area contributed by atoms with Crippen LogP contribution in [0.25, 0.3) is 207 Å². The molecule has 1 aromatic heterocycles. The van der Waals surface area contributed by atoms with Crippen molar-refractivity contribution in [2.24, 2.45) is 0 Å². The van der Waals surface area contributed by atoms with Crippen LogP contribution in [0, 0.1) is 11.2 Å². The van der Waals surface area contributed by atoms with Crippen LogP contribution >= 0.6 is 9.03 Å². The zero-order valence-electron chi connectivity index (χ0n) is 79.2. The third-order valence-electron chi connectivity index (χ3n) is 27.5. The van der Waals surface area contributed by atoms with Crippen LogP contribution in [0.4, 0.5) is 34.1 Å². The number of benzene rings is 26. The zero-order valence-corrected chi connectivity index (χ0v) is 81.6. The minimum absolute atomic E-state index is 0. The molecule has 143 heavy (non-hydrogen) atoms. The zero-order chi connectivity index (χ0) is 95.7. The second-order valence-corrected chi connectivity index (χ2v) is 35.8. The molecule has 0 atom stereocenters. The van der Waals surface area contributed by atoms with Crippen molar-refractivity contribution in [3.8, 4) is 78.0 Å². The first kappa shape index (κ1) is 89.3. The molecule has 0 saturated heterocycles. The van der Waals surface area contributed by atoms with Crippen molar-refractivity contribution < 1.29 is 21.5 Å². The van der Waals surface area contributed by atoms with Gasteiger partial charge in [0.2, 0.25) is 0 Å². The molecule has 0 unspecified atom stereocenters. The molecule has 4 nitrogen and oxygen atoms in total. The molecule has 0 aliphatic heterocycles. The molecule has 27 aromatic rings. The maximum atomic E-state index is 5.75. The fourth-order valence-corrected chi connectivity index (χ4v) is 20.7. The van der Waals surface area contributed by atoms with Crippen LogP contribution in [0.15, 0.2) is 558 Å². The minimum atomic E-state index is 0. The van der Waals surface area contributed by atoms with Crippen molar-refractivity contribution in [2.75, 3.05) is 9.80 Å².